The molecular weight excluding hydrogens is 401 g/mol. The van der Waals surface area contributed by atoms with Crippen LogP contribution in [0, 0.1) is 18.7 Å². The van der Waals surface area contributed by atoms with Gasteiger partial charge in [0.2, 0.25) is 0 Å². The summed E-state index contributed by atoms with van der Waals surface area (Å²) in [5, 5.41) is 0.0569. The van der Waals surface area contributed by atoms with Crippen molar-refractivity contribution in [3.8, 4) is 5.75 Å². The average molecular weight is 422 g/mol. The van der Waals surface area contributed by atoms with Crippen LogP contribution >= 0.6 is 0 Å². The summed E-state index contributed by atoms with van der Waals surface area (Å²) < 4.78 is 50.4. The average Bonchev–Trinajstić information content (AvgIpc) is 3.38. The molecule has 1 aromatic heterocycles. The van der Waals surface area contributed by atoms with Gasteiger partial charge in [0.1, 0.15) is 11.2 Å². The Hall–Kier alpha value is -2.75. The van der Waals surface area contributed by atoms with Crippen LogP contribution in [0.15, 0.2) is 21.2 Å². The van der Waals surface area contributed by atoms with E-state index < -0.39 is 34.9 Å². The Morgan fingerprint density at radius 1 is 1.30 bits per heavy atom. The molecule has 10 heteroatoms. The molecule has 2 aliphatic carbocycles. The first kappa shape index (κ1) is 19.2. The Morgan fingerprint density at radius 2 is 2.00 bits per heavy atom. The van der Waals surface area contributed by atoms with Crippen molar-refractivity contribution in [3.05, 3.63) is 43.9 Å². The van der Waals surface area contributed by atoms with Crippen LogP contribution in [0.1, 0.15) is 24.4 Å². The van der Waals surface area contributed by atoms with Gasteiger partial charge < -0.3 is 15.4 Å². The summed E-state index contributed by atoms with van der Waals surface area (Å²) in [7, 11) is 1.34. The number of hydrogen-bond acceptors (Lipinski definition) is 5. The van der Waals surface area contributed by atoms with Gasteiger partial charge in [-0.05, 0) is 31.4 Å². The zero-order valence-corrected chi connectivity index (χ0v) is 16.5. The molecule has 1 saturated carbocycles. The van der Waals surface area contributed by atoms with Crippen molar-refractivity contribution in [2.45, 2.75) is 37.8 Å². The number of methoxy groups -OCH3 is 1. The highest BCUT2D eigenvalue weighted by Gasteiger charge is 2.51. The van der Waals surface area contributed by atoms with E-state index >= 15 is 4.39 Å². The second-order valence-corrected chi connectivity index (χ2v) is 8.31. The van der Waals surface area contributed by atoms with E-state index in [2.05, 4.69) is 4.98 Å². The van der Waals surface area contributed by atoms with Gasteiger partial charge in [0.05, 0.1) is 18.5 Å². The lowest BCUT2D eigenvalue weighted by Crippen LogP contribution is -2.43. The minimum absolute atomic E-state index is 0.0569. The van der Waals surface area contributed by atoms with Gasteiger partial charge in [0.15, 0.2) is 11.6 Å². The van der Waals surface area contributed by atoms with E-state index in [9.17, 15) is 18.4 Å². The Kier molecular flexibility index (Phi) is 3.93. The summed E-state index contributed by atoms with van der Waals surface area (Å²) in [6, 6.07) is -1.48. The van der Waals surface area contributed by atoms with Crippen molar-refractivity contribution < 1.29 is 17.9 Å². The predicted molar refractivity (Wildman–Crippen MR) is 105 cm³/mol. The van der Waals surface area contributed by atoms with Gasteiger partial charge in [-0.2, -0.15) is 0 Å². The SMILES string of the molecule is COc1c(N2CC3=CC(F)(F)C(N)C3C2)c(F)c(C)c2c(=O)[nH]c(=O)n(C3CC3)c12. The number of halogens is 3. The Morgan fingerprint density at radius 3 is 2.60 bits per heavy atom. The lowest BCUT2D eigenvalue weighted by atomic mass is 10.0. The van der Waals surface area contributed by atoms with E-state index in [0.29, 0.717) is 5.57 Å². The van der Waals surface area contributed by atoms with Crippen LogP contribution < -0.4 is 26.6 Å². The molecule has 0 amide bonds. The van der Waals surface area contributed by atoms with E-state index in [0.717, 1.165) is 18.9 Å². The highest BCUT2D eigenvalue weighted by molar-refractivity contribution is 5.94. The molecule has 0 radical (unpaired) electrons. The Balaban J connectivity index is 1.77. The van der Waals surface area contributed by atoms with Crippen LogP contribution in [0.25, 0.3) is 10.9 Å². The summed E-state index contributed by atoms with van der Waals surface area (Å²) >= 11 is 0. The number of benzene rings is 1. The molecule has 2 unspecified atom stereocenters. The first-order valence-electron chi connectivity index (χ1n) is 9.80. The van der Waals surface area contributed by atoms with Gasteiger partial charge in [0, 0.05) is 30.6 Å². The highest BCUT2D eigenvalue weighted by Crippen LogP contribution is 2.48. The molecular formula is C20H21F3N4O3. The molecule has 5 rings (SSSR count). The van der Waals surface area contributed by atoms with Gasteiger partial charge in [-0.3, -0.25) is 14.3 Å². The van der Waals surface area contributed by atoms with E-state index in [1.54, 1.807) is 4.90 Å². The molecule has 7 nitrogen and oxygen atoms in total. The fraction of sp³-hybridized carbons (Fsp3) is 0.500. The van der Waals surface area contributed by atoms with Crippen molar-refractivity contribution in [2.24, 2.45) is 11.7 Å². The minimum atomic E-state index is -3.09. The van der Waals surface area contributed by atoms with Crippen molar-refractivity contribution in [2.75, 3.05) is 25.1 Å². The summed E-state index contributed by atoms with van der Waals surface area (Å²) in [6.07, 6.45) is 2.39. The number of nitrogens with two attached hydrogens (primary N) is 1. The first-order valence-corrected chi connectivity index (χ1v) is 9.80. The van der Waals surface area contributed by atoms with Crippen LogP contribution in [0.2, 0.25) is 0 Å². The zero-order valence-electron chi connectivity index (χ0n) is 16.5. The normalized spacial score (nSPS) is 25.0. The molecule has 3 N–H and O–H groups in total. The van der Waals surface area contributed by atoms with Crippen LogP contribution in [0.3, 0.4) is 0 Å². The molecule has 2 fully saturated rings. The summed E-state index contributed by atoms with van der Waals surface area (Å²) in [6.45, 7) is 1.63. The van der Waals surface area contributed by atoms with Gasteiger partial charge in [-0.1, -0.05) is 0 Å². The van der Waals surface area contributed by atoms with Crippen LogP contribution in [0.5, 0.6) is 5.75 Å². The van der Waals surface area contributed by atoms with Crippen LogP contribution in [0.4, 0.5) is 18.9 Å². The number of alkyl halides is 2. The fourth-order valence-corrected chi connectivity index (χ4v) is 4.81. The van der Waals surface area contributed by atoms with Crippen LogP contribution in [-0.4, -0.2) is 41.7 Å². The predicted octanol–water partition coefficient (Wildman–Crippen LogP) is 1.82. The maximum absolute atomic E-state index is 15.5. The highest BCUT2D eigenvalue weighted by atomic mass is 19.3. The van der Waals surface area contributed by atoms with Gasteiger partial charge in [-0.15, -0.1) is 0 Å². The third kappa shape index (κ3) is 2.49. The molecule has 1 aromatic carbocycles. The number of anilines is 1. The second-order valence-electron chi connectivity index (χ2n) is 8.31. The molecule has 3 aliphatic rings. The number of aromatic amines is 1. The number of nitrogens with one attached hydrogen (secondary N) is 1. The van der Waals surface area contributed by atoms with Crippen molar-refractivity contribution in [1.82, 2.24) is 9.55 Å². The number of nitrogens with zero attached hydrogens (tertiary/aromatic N) is 2. The molecule has 1 aliphatic heterocycles. The number of H-pyrrole nitrogens is 1. The monoisotopic (exact) mass is 422 g/mol. The van der Waals surface area contributed by atoms with E-state index in [1.807, 2.05) is 0 Å². The molecule has 30 heavy (non-hydrogen) atoms. The van der Waals surface area contributed by atoms with Gasteiger partial charge >= 0.3 is 5.69 Å². The van der Waals surface area contributed by atoms with E-state index in [1.165, 1.54) is 18.6 Å². The van der Waals surface area contributed by atoms with Gasteiger partial charge in [0.25, 0.3) is 11.5 Å². The number of fused-ring (bicyclic) bond motifs is 2. The molecule has 2 aromatic rings. The molecule has 160 valence electrons. The fourth-order valence-electron chi connectivity index (χ4n) is 4.81. The Labute approximate surface area is 168 Å². The lowest BCUT2D eigenvalue weighted by molar-refractivity contribution is 0.0262. The molecule has 2 heterocycles. The summed E-state index contributed by atoms with van der Waals surface area (Å²) in [4.78, 5) is 28.9. The van der Waals surface area contributed by atoms with Gasteiger partial charge in [-0.25, -0.2) is 18.0 Å². The number of aromatic nitrogens is 2. The summed E-state index contributed by atoms with van der Waals surface area (Å²) in [5.41, 5.74) is 5.31. The smallest absolute Gasteiger partial charge is 0.329 e. The number of rotatable bonds is 3. The first-order chi connectivity index (χ1) is 14.2. The zero-order chi connectivity index (χ0) is 21.5. The van der Waals surface area contributed by atoms with Crippen LogP contribution in [-0.2, 0) is 0 Å². The number of hydrogen-bond donors (Lipinski definition) is 2. The molecule has 1 saturated heterocycles. The topological polar surface area (TPSA) is 93.3 Å². The van der Waals surface area contributed by atoms with E-state index in [4.69, 9.17) is 10.5 Å². The minimum Gasteiger partial charge on any atom is -0.492 e. The number of ether oxygens (including phenoxy) is 1. The molecule has 0 spiro atoms. The third-order valence-corrected chi connectivity index (χ3v) is 6.44. The summed E-state index contributed by atoms with van der Waals surface area (Å²) in [5.74, 6) is -4.31. The van der Waals surface area contributed by atoms with Crippen molar-refractivity contribution in [3.63, 3.8) is 0 Å². The quantitative estimate of drug-likeness (QED) is 0.736. The van der Waals surface area contributed by atoms with Crippen molar-refractivity contribution >= 4 is 16.6 Å². The maximum atomic E-state index is 15.5. The van der Waals surface area contributed by atoms with E-state index in [-0.39, 0.29) is 47.0 Å². The molecule has 2 atom stereocenters. The largest absolute Gasteiger partial charge is 0.492 e. The lowest BCUT2D eigenvalue weighted by Gasteiger charge is -2.27. The standard InChI is InChI=1S/C20H21F3N4O3/c1-8-12-14(27(10-3-4-10)19(29)25-18(12)28)16(30-2)15(13(8)21)26-6-9-5-20(22,23)17(24)11(9)7-26/h5,10-11,17H,3-4,6-7,24H2,1-2H3,(H,25,28,29). The third-order valence-electron chi connectivity index (χ3n) is 6.44. The number of aryl methyl sites for hydroxylation is 1. The maximum Gasteiger partial charge on any atom is 0.329 e. The Bertz CT molecular complexity index is 1230. The van der Waals surface area contributed by atoms with Crippen molar-refractivity contribution in [1.29, 1.82) is 0 Å². The second kappa shape index (κ2) is 6.13. The molecule has 0 bridgehead atoms.